The number of amides is 1. The number of fused-ring (bicyclic) bond motifs is 1. The lowest BCUT2D eigenvalue weighted by Gasteiger charge is -2.17. The lowest BCUT2D eigenvalue weighted by molar-refractivity contribution is -0.123. The van der Waals surface area contributed by atoms with Gasteiger partial charge in [0, 0.05) is 16.7 Å². The third kappa shape index (κ3) is 4.88. The molecule has 0 spiro atoms. The zero-order chi connectivity index (χ0) is 21.0. The molecule has 148 valence electrons. The molecular weight excluding hydrogens is 366 g/mol. The molecule has 0 aliphatic rings. The number of rotatable bonds is 5. The first kappa shape index (κ1) is 20.3. The van der Waals surface area contributed by atoms with Crippen molar-refractivity contribution in [1.29, 1.82) is 0 Å². The summed E-state index contributed by atoms with van der Waals surface area (Å²) in [5.74, 6) is -0.961. The van der Waals surface area contributed by atoms with Crippen LogP contribution in [-0.2, 0) is 9.53 Å². The Morgan fingerprint density at radius 2 is 1.52 bits per heavy atom. The van der Waals surface area contributed by atoms with Gasteiger partial charge in [0.15, 0.2) is 12.4 Å². The maximum atomic E-state index is 12.4. The van der Waals surface area contributed by atoms with E-state index in [-0.39, 0.29) is 18.3 Å². The molecule has 0 saturated carbocycles. The Balaban J connectivity index is 1.63. The zero-order valence-electron chi connectivity index (χ0n) is 16.7. The average molecular weight is 389 g/mol. The third-order valence-electron chi connectivity index (χ3n) is 4.49. The monoisotopic (exact) mass is 389 g/mol. The summed E-state index contributed by atoms with van der Waals surface area (Å²) in [6.07, 6.45) is 0. The van der Waals surface area contributed by atoms with E-state index in [4.69, 9.17) is 4.74 Å². The van der Waals surface area contributed by atoms with E-state index in [0.717, 1.165) is 10.8 Å². The molecule has 3 aromatic rings. The fourth-order valence-electron chi connectivity index (χ4n) is 2.75. The second kappa shape index (κ2) is 8.27. The summed E-state index contributed by atoms with van der Waals surface area (Å²) in [7, 11) is 0. The number of hydrogen-bond acceptors (Lipinski definition) is 4. The quantitative estimate of drug-likeness (QED) is 0.499. The number of carbonyl (C=O) groups is 3. The standard InChI is InChI=1S/C24H23NO4/c1-24(2,3)23(28)25-18-13-11-17(12-14-18)21(26)15-29-22(27)20-10-6-8-16-7-4-5-9-19(16)20/h4-14H,15H2,1-3H3,(H,25,28). The van der Waals surface area contributed by atoms with Gasteiger partial charge in [-0.15, -0.1) is 0 Å². The Morgan fingerprint density at radius 3 is 2.21 bits per heavy atom. The molecule has 0 saturated heterocycles. The van der Waals surface area contributed by atoms with Crippen LogP contribution >= 0.6 is 0 Å². The molecule has 3 rings (SSSR count). The molecular formula is C24H23NO4. The molecule has 29 heavy (non-hydrogen) atoms. The van der Waals surface area contributed by atoms with Crippen molar-refractivity contribution in [2.45, 2.75) is 20.8 Å². The molecule has 0 aliphatic heterocycles. The number of anilines is 1. The highest BCUT2D eigenvalue weighted by atomic mass is 16.5. The molecule has 1 amide bonds. The Labute approximate surface area is 169 Å². The van der Waals surface area contributed by atoms with Crippen LogP contribution in [-0.4, -0.2) is 24.3 Å². The van der Waals surface area contributed by atoms with Crippen molar-refractivity contribution in [2.75, 3.05) is 11.9 Å². The molecule has 3 aromatic carbocycles. The Morgan fingerprint density at radius 1 is 0.862 bits per heavy atom. The van der Waals surface area contributed by atoms with Crippen molar-refractivity contribution < 1.29 is 19.1 Å². The van der Waals surface area contributed by atoms with Crippen molar-refractivity contribution in [3.05, 3.63) is 77.9 Å². The summed E-state index contributed by atoms with van der Waals surface area (Å²) < 4.78 is 5.23. The summed E-state index contributed by atoms with van der Waals surface area (Å²) in [6, 6.07) is 19.4. The van der Waals surface area contributed by atoms with Crippen LogP contribution in [0, 0.1) is 5.41 Å². The van der Waals surface area contributed by atoms with E-state index < -0.39 is 11.4 Å². The summed E-state index contributed by atoms with van der Waals surface area (Å²) in [5.41, 5.74) is 0.930. The van der Waals surface area contributed by atoms with Gasteiger partial charge in [-0.3, -0.25) is 9.59 Å². The van der Waals surface area contributed by atoms with Gasteiger partial charge >= 0.3 is 5.97 Å². The van der Waals surface area contributed by atoms with E-state index >= 15 is 0 Å². The van der Waals surface area contributed by atoms with Crippen molar-refractivity contribution in [3.8, 4) is 0 Å². The summed E-state index contributed by atoms with van der Waals surface area (Å²) in [6.45, 7) is 5.12. The zero-order valence-corrected chi connectivity index (χ0v) is 16.7. The molecule has 0 atom stereocenters. The summed E-state index contributed by atoms with van der Waals surface area (Å²) >= 11 is 0. The number of esters is 1. The highest BCUT2D eigenvalue weighted by Crippen LogP contribution is 2.20. The van der Waals surface area contributed by atoms with Gasteiger partial charge in [-0.25, -0.2) is 4.79 Å². The van der Waals surface area contributed by atoms with Crippen LogP contribution in [0.1, 0.15) is 41.5 Å². The van der Waals surface area contributed by atoms with Crippen LogP contribution in [0.2, 0.25) is 0 Å². The van der Waals surface area contributed by atoms with Crippen molar-refractivity contribution >= 4 is 34.1 Å². The minimum Gasteiger partial charge on any atom is -0.454 e. The van der Waals surface area contributed by atoms with Crippen LogP contribution in [0.3, 0.4) is 0 Å². The van der Waals surface area contributed by atoms with Gasteiger partial charge in [-0.1, -0.05) is 57.2 Å². The van der Waals surface area contributed by atoms with Crippen LogP contribution in [0.5, 0.6) is 0 Å². The first-order chi connectivity index (χ1) is 13.8. The average Bonchev–Trinajstić information content (AvgIpc) is 2.71. The molecule has 1 N–H and O–H groups in total. The molecule has 0 aliphatic carbocycles. The van der Waals surface area contributed by atoms with Gasteiger partial charge in [-0.2, -0.15) is 0 Å². The van der Waals surface area contributed by atoms with Crippen LogP contribution in [0.25, 0.3) is 10.8 Å². The Hall–Kier alpha value is -3.47. The molecule has 5 heteroatoms. The number of carbonyl (C=O) groups excluding carboxylic acids is 3. The fraction of sp³-hybridized carbons (Fsp3) is 0.208. The van der Waals surface area contributed by atoms with Crippen molar-refractivity contribution in [2.24, 2.45) is 5.41 Å². The highest BCUT2D eigenvalue weighted by molar-refractivity contribution is 6.06. The molecule has 0 heterocycles. The SMILES string of the molecule is CC(C)(C)C(=O)Nc1ccc(C(=O)COC(=O)c2cccc3ccccc23)cc1. The number of nitrogens with one attached hydrogen (secondary N) is 1. The second-order valence-electron chi connectivity index (χ2n) is 7.81. The minimum atomic E-state index is -0.538. The van der Waals surface area contributed by atoms with Crippen LogP contribution < -0.4 is 5.32 Å². The van der Waals surface area contributed by atoms with E-state index in [1.165, 1.54) is 0 Å². The maximum Gasteiger partial charge on any atom is 0.339 e. The molecule has 5 nitrogen and oxygen atoms in total. The summed E-state index contributed by atoms with van der Waals surface area (Å²) in [4.78, 5) is 36.8. The van der Waals surface area contributed by atoms with E-state index in [0.29, 0.717) is 16.8 Å². The molecule has 0 fully saturated rings. The fourth-order valence-corrected chi connectivity index (χ4v) is 2.75. The normalized spacial score (nSPS) is 11.1. The number of ether oxygens (including phenoxy) is 1. The van der Waals surface area contributed by atoms with Crippen molar-refractivity contribution in [1.82, 2.24) is 0 Å². The highest BCUT2D eigenvalue weighted by Gasteiger charge is 2.21. The molecule has 0 aromatic heterocycles. The van der Waals surface area contributed by atoms with Gasteiger partial charge in [0.05, 0.1) is 5.56 Å². The smallest absolute Gasteiger partial charge is 0.339 e. The Kier molecular flexibility index (Phi) is 5.78. The lowest BCUT2D eigenvalue weighted by Crippen LogP contribution is -2.27. The molecule has 0 radical (unpaired) electrons. The van der Waals surface area contributed by atoms with Crippen LogP contribution in [0.15, 0.2) is 66.7 Å². The number of benzene rings is 3. The van der Waals surface area contributed by atoms with E-state index in [1.807, 2.05) is 51.1 Å². The predicted octanol–water partition coefficient (Wildman–Crippen LogP) is 4.86. The van der Waals surface area contributed by atoms with Crippen molar-refractivity contribution in [3.63, 3.8) is 0 Å². The van der Waals surface area contributed by atoms with E-state index in [9.17, 15) is 14.4 Å². The number of hydrogen-bond donors (Lipinski definition) is 1. The van der Waals surface area contributed by atoms with Gasteiger partial charge in [0.1, 0.15) is 0 Å². The predicted molar refractivity (Wildman–Crippen MR) is 113 cm³/mol. The minimum absolute atomic E-state index is 0.111. The molecule has 0 unspecified atom stereocenters. The topological polar surface area (TPSA) is 72.5 Å². The Bertz CT molecular complexity index is 1060. The van der Waals surface area contributed by atoms with E-state index in [2.05, 4.69) is 5.32 Å². The lowest BCUT2D eigenvalue weighted by atomic mass is 9.95. The van der Waals surface area contributed by atoms with Gasteiger partial charge in [0.25, 0.3) is 0 Å². The first-order valence-corrected chi connectivity index (χ1v) is 9.35. The first-order valence-electron chi connectivity index (χ1n) is 9.35. The second-order valence-corrected chi connectivity index (χ2v) is 7.81. The van der Waals surface area contributed by atoms with E-state index in [1.54, 1.807) is 36.4 Å². The summed E-state index contributed by atoms with van der Waals surface area (Å²) in [5, 5.41) is 4.52. The number of Topliss-reactive ketones (excluding diaryl/α,β-unsaturated/α-hetero) is 1. The van der Waals surface area contributed by atoms with Gasteiger partial charge < -0.3 is 10.1 Å². The third-order valence-corrected chi connectivity index (χ3v) is 4.49. The van der Waals surface area contributed by atoms with Gasteiger partial charge in [-0.05, 0) is 41.1 Å². The van der Waals surface area contributed by atoms with Crippen LogP contribution in [0.4, 0.5) is 5.69 Å². The van der Waals surface area contributed by atoms with Gasteiger partial charge in [0.2, 0.25) is 5.91 Å². The number of ketones is 1. The maximum absolute atomic E-state index is 12.4. The largest absolute Gasteiger partial charge is 0.454 e. The molecule has 0 bridgehead atoms.